The molecule has 13 nitrogen and oxygen atoms in total. The van der Waals surface area contributed by atoms with E-state index in [1.807, 2.05) is 39.0 Å². The fourth-order valence-corrected chi connectivity index (χ4v) is 9.03. The van der Waals surface area contributed by atoms with Gasteiger partial charge in [0.25, 0.3) is 11.7 Å². The van der Waals surface area contributed by atoms with Crippen molar-refractivity contribution in [2.45, 2.75) is 154 Å². The third kappa shape index (κ3) is 10.6. The van der Waals surface area contributed by atoms with Crippen molar-refractivity contribution < 1.29 is 58.2 Å². The van der Waals surface area contributed by atoms with E-state index in [9.17, 15) is 34.5 Å². The first-order valence-corrected chi connectivity index (χ1v) is 20.5. The lowest BCUT2D eigenvalue weighted by atomic mass is 9.82. The van der Waals surface area contributed by atoms with Crippen molar-refractivity contribution in [2.24, 2.45) is 29.6 Å². The Hall–Kier alpha value is -2.78. The van der Waals surface area contributed by atoms with Crippen LogP contribution < -0.4 is 0 Å². The smallest absolute Gasteiger partial charge is 0.329 e. The van der Waals surface area contributed by atoms with Gasteiger partial charge >= 0.3 is 5.97 Å². The molecule has 4 rings (SSSR count). The van der Waals surface area contributed by atoms with Gasteiger partial charge in [-0.1, -0.05) is 57.6 Å². The number of rotatable bonds is 6. The summed E-state index contributed by atoms with van der Waals surface area (Å²) in [6, 6.07) is -1.15. The van der Waals surface area contributed by atoms with Gasteiger partial charge in [-0.2, -0.15) is 0 Å². The Morgan fingerprint density at radius 3 is 2.25 bits per heavy atom. The van der Waals surface area contributed by atoms with Crippen LogP contribution in [0.15, 0.2) is 35.5 Å². The van der Waals surface area contributed by atoms with Crippen LogP contribution in [-0.4, -0.2) is 126 Å². The first-order valence-electron chi connectivity index (χ1n) is 20.5. The first kappa shape index (κ1) is 45.9. The number of Topliss-reactive ketones (excluding diaryl/α,β-unsaturated/α-hetero) is 2. The van der Waals surface area contributed by atoms with Crippen LogP contribution in [0.2, 0.25) is 0 Å². The van der Waals surface area contributed by atoms with Crippen molar-refractivity contribution in [3.8, 4) is 0 Å². The predicted octanol–water partition coefficient (Wildman–Crippen LogP) is 4.25. The van der Waals surface area contributed by atoms with Crippen molar-refractivity contribution >= 4 is 23.4 Å². The van der Waals surface area contributed by atoms with E-state index in [1.165, 1.54) is 26.2 Å². The maximum absolute atomic E-state index is 14.3. The Labute approximate surface area is 332 Å². The van der Waals surface area contributed by atoms with Crippen LogP contribution in [0.25, 0.3) is 0 Å². The molecule has 56 heavy (non-hydrogen) atoms. The molecule has 0 aromatic heterocycles. The number of allylic oxidation sites excluding steroid dienone is 4. The van der Waals surface area contributed by atoms with E-state index in [1.54, 1.807) is 26.8 Å². The molecule has 3 aliphatic heterocycles. The third-order valence-electron chi connectivity index (χ3n) is 12.5. The maximum atomic E-state index is 14.3. The summed E-state index contributed by atoms with van der Waals surface area (Å²) in [6.07, 6.45) is 5.43. The number of aliphatic hydroxyl groups excluding tert-OH is 2. The van der Waals surface area contributed by atoms with Gasteiger partial charge in [0.05, 0.1) is 30.5 Å². The monoisotopic (exact) mass is 789 g/mol. The molecule has 0 aromatic carbocycles. The third-order valence-corrected chi connectivity index (χ3v) is 12.5. The van der Waals surface area contributed by atoms with E-state index in [4.69, 9.17) is 23.7 Å². The molecule has 1 aliphatic carbocycles. The molecule has 2 fully saturated rings. The number of hydrogen-bond acceptors (Lipinski definition) is 12. The van der Waals surface area contributed by atoms with Gasteiger partial charge in [-0.25, -0.2) is 4.79 Å². The van der Waals surface area contributed by atoms with Gasteiger partial charge in [-0.3, -0.25) is 14.4 Å². The van der Waals surface area contributed by atoms with Crippen molar-refractivity contribution in [2.75, 3.05) is 27.9 Å². The van der Waals surface area contributed by atoms with Crippen LogP contribution in [0.1, 0.15) is 99.3 Å². The summed E-state index contributed by atoms with van der Waals surface area (Å²) in [4.78, 5) is 57.6. The standard InChI is InChI=1S/C43H67NO12/c1-10-30-18-24(2)17-25(3)19-36(53-8)39-37(54-9)21-27(5)43(51,56-39)40(48)41(49)44-16-12-11-13-31(44)42(50)55-38(28(6)33(46)23-34(30)47)26(4)20-29-14-15-32(45)35(22-29)52-7/h14-15,18,20,25,27-33,35-39,45-46,51H,10-13,16-17,19,21-23H2,1-9H3/b24-18+,26-20+/t25-,27+,28+,29-,30+,31-,32+,33-,35+,36-,37-,38+,39+,43+/m0/s1. The molecule has 14 atom stereocenters. The SMILES string of the molecule is CC[C@@H]1/C=C(\C)C[C@H](C)C[C@H](OC)[C@H]2O[C@@](O)(C(=O)C(=O)N3CCCC[C@H]3C(=O)O[C@H](/C(C)=C/[C@@H]3C=C[C@@H](O)[C@H](OC)C3)[C@H](C)[C@@H](O)CC1=O)[C@H](C)C[C@@H]2OC. The average molecular weight is 790 g/mol. The second kappa shape index (κ2) is 20.3. The molecule has 4 aliphatic rings. The number of ketones is 2. The number of cyclic esters (lactones) is 1. The summed E-state index contributed by atoms with van der Waals surface area (Å²) in [5, 5.41) is 34.0. The number of carbonyl (C=O) groups is 4. The number of nitrogens with zero attached hydrogens (tertiary/aromatic N) is 1. The van der Waals surface area contributed by atoms with Gasteiger partial charge in [0.15, 0.2) is 0 Å². The second-order valence-electron chi connectivity index (χ2n) is 16.8. The number of amides is 1. The van der Waals surface area contributed by atoms with Crippen LogP contribution >= 0.6 is 0 Å². The second-order valence-corrected chi connectivity index (χ2v) is 16.8. The lowest BCUT2D eigenvalue weighted by Crippen LogP contribution is -2.64. The summed E-state index contributed by atoms with van der Waals surface area (Å²) in [7, 11) is 4.59. The first-order chi connectivity index (χ1) is 26.5. The zero-order valence-electron chi connectivity index (χ0n) is 34.8. The molecule has 0 radical (unpaired) electrons. The molecule has 2 saturated heterocycles. The molecule has 316 valence electrons. The Balaban J connectivity index is 1.77. The molecule has 0 spiro atoms. The maximum Gasteiger partial charge on any atom is 0.329 e. The predicted molar refractivity (Wildman–Crippen MR) is 208 cm³/mol. The Morgan fingerprint density at radius 2 is 1.61 bits per heavy atom. The highest BCUT2D eigenvalue weighted by atomic mass is 16.7. The highest BCUT2D eigenvalue weighted by Crippen LogP contribution is 2.39. The number of ether oxygens (including phenoxy) is 5. The normalized spacial score (nSPS) is 41.3. The minimum Gasteiger partial charge on any atom is -0.456 e. The molecule has 0 aromatic rings. The molecular weight excluding hydrogens is 722 g/mol. The van der Waals surface area contributed by atoms with Crippen LogP contribution in [0.3, 0.4) is 0 Å². The van der Waals surface area contributed by atoms with E-state index in [-0.39, 0.29) is 43.4 Å². The topological polar surface area (TPSA) is 178 Å². The van der Waals surface area contributed by atoms with Crippen molar-refractivity contribution in [1.29, 1.82) is 0 Å². The number of carbonyl (C=O) groups excluding carboxylic acids is 4. The summed E-state index contributed by atoms with van der Waals surface area (Å²) < 4.78 is 29.6. The zero-order valence-corrected chi connectivity index (χ0v) is 34.8. The van der Waals surface area contributed by atoms with E-state index >= 15 is 0 Å². The molecule has 3 N–H and O–H groups in total. The molecule has 1 amide bonds. The van der Waals surface area contributed by atoms with E-state index in [0.29, 0.717) is 44.1 Å². The van der Waals surface area contributed by atoms with E-state index in [0.717, 1.165) is 5.57 Å². The number of esters is 1. The Morgan fingerprint density at radius 1 is 0.946 bits per heavy atom. The highest BCUT2D eigenvalue weighted by molar-refractivity contribution is 6.39. The van der Waals surface area contributed by atoms with Crippen LogP contribution in [0, 0.1) is 29.6 Å². The van der Waals surface area contributed by atoms with Crippen molar-refractivity contribution in [1.82, 2.24) is 4.90 Å². The molecule has 3 heterocycles. The fraction of sp³-hybridized carbons (Fsp3) is 0.767. The van der Waals surface area contributed by atoms with E-state index in [2.05, 4.69) is 0 Å². The zero-order chi connectivity index (χ0) is 41.5. The summed E-state index contributed by atoms with van der Waals surface area (Å²) in [5.74, 6) is -7.77. The molecule has 13 heteroatoms. The van der Waals surface area contributed by atoms with E-state index < -0.39 is 90.0 Å². The molecule has 0 saturated carbocycles. The Kier molecular flexibility index (Phi) is 16.6. The van der Waals surface area contributed by atoms with Crippen LogP contribution in [-0.2, 0) is 42.9 Å². The lowest BCUT2D eigenvalue weighted by Gasteiger charge is -2.47. The number of piperidine rings is 1. The summed E-state index contributed by atoms with van der Waals surface area (Å²) >= 11 is 0. The van der Waals surface area contributed by atoms with Crippen LogP contribution in [0.4, 0.5) is 0 Å². The van der Waals surface area contributed by atoms with Crippen molar-refractivity contribution in [3.05, 3.63) is 35.5 Å². The quantitative estimate of drug-likeness (QED) is 0.198. The number of fused-ring (bicyclic) bond motifs is 3. The van der Waals surface area contributed by atoms with Crippen LogP contribution in [0.5, 0.6) is 0 Å². The average Bonchev–Trinajstić information content (AvgIpc) is 3.18. The highest BCUT2D eigenvalue weighted by Gasteiger charge is 2.56. The largest absolute Gasteiger partial charge is 0.456 e. The molecule has 2 bridgehead atoms. The molecule has 0 unspecified atom stereocenters. The summed E-state index contributed by atoms with van der Waals surface area (Å²) in [6.45, 7) is 11.2. The number of aliphatic hydroxyl groups is 3. The lowest BCUT2D eigenvalue weighted by molar-refractivity contribution is -0.302. The number of methoxy groups -OCH3 is 3. The fourth-order valence-electron chi connectivity index (χ4n) is 9.03. The van der Waals surface area contributed by atoms with Gasteiger partial charge in [0.1, 0.15) is 24.0 Å². The van der Waals surface area contributed by atoms with Gasteiger partial charge in [-0.05, 0) is 82.6 Å². The summed E-state index contributed by atoms with van der Waals surface area (Å²) in [5.41, 5.74) is 1.60. The van der Waals surface area contributed by atoms with Gasteiger partial charge in [-0.15, -0.1) is 0 Å². The number of hydrogen-bond donors (Lipinski definition) is 3. The minimum absolute atomic E-state index is 0.0312. The van der Waals surface area contributed by atoms with Gasteiger partial charge in [0, 0.05) is 52.0 Å². The Bertz CT molecular complexity index is 1480. The van der Waals surface area contributed by atoms with Gasteiger partial charge < -0.3 is 43.9 Å². The molecular formula is C43H67NO12. The minimum atomic E-state index is -2.51. The van der Waals surface area contributed by atoms with Crippen molar-refractivity contribution in [3.63, 3.8) is 0 Å². The van der Waals surface area contributed by atoms with Gasteiger partial charge in [0.2, 0.25) is 5.79 Å².